The largest absolute Gasteiger partial charge is 0.487 e. The van der Waals surface area contributed by atoms with Crippen molar-refractivity contribution < 1.29 is 18.3 Å². The minimum absolute atomic E-state index is 0.0454. The monoisotopic (exact) mass is 436 g/mol. The van der Waals surface area contributed by atoms with Crippen LogP contribution in [0.4, 0.5) is 25.0 Å². The maximum absolute atomic E-state index is 13.7. The van der Waals surface area contributed by atoms with Crippen LogP contribution in [0.1, 0.15) is 11.3 Å². The second kappa shape index (κ2) is 8.84. The smallest absolute Gasteiger partial charge is 0.323 e. The van der Waals surface area contributed by atoms with E-state index < -0.39 is 17.7 Å². The van der Waals surface area contributed by atoms with Crippen molar-refractivity contribution in [1.82, 2.24) is 9.38 Å². The highest BCUT2D eigenvalue weighted by Gasteiger charge is 2.09. The molecule has 2 aromatic heterocycles. The molecule has 2 N–H and O–H groups in total. The summed E-state index contributed by atoms with van der Waals surface area (Å²) < 4.78 is 34.1. The van der Waals surface area contributed by atoms with E-state index in [0.717, 1.165) is 23.8 Å². The third kappa shape index (κ3) is 4.89. The minimum atomic E-state index is -0.757. The molecule has 0 bridgehead atoms. The fraction of sp³-hybridized carbons (Fsp3) is 0.0870. The number of amides is 2. The predicted octanol–water partition coefficient (Wildman–Crippen LogP) is 4.50. The SMILES string of the molecule is Cc1ccc2nc(COc3cccc(NC(=O)Nc4cc(F)ccc4F)c3)cc(=O)n2c1. The molecule has 0 saturated carbocycles. The van der Waals surface area contributed by atoms with Gasteiger partial charge in [-0.25, -0.2) is 18.6 Å². The summed E-state index contributed by atoms with van der Waals surface area (Å²) >= 11 is 0. The molecular formula is C23H18F2N4O3. The lowest BCUT2D eigenvalue weighted by Crippen LogP contribution is -2.20. The van der Waals surface area contributed by atoms with Gasteiger partial charge in [-0.05, 0) is 42.8 Å². The molecule has 32 heavy (non-hydrogen) atoms. The van der Waals surface area contributed by atoms with E-state index in [4.69, 9.17) is 4.74 Å². The van der Waals surface area contributed by atoms with Gasteiger partial charge in [0.05, 0.1) is 11.4 Å². The summed E-state index contributed by atoms with van der Waals surface area (Å²) in [6.45, 7) is 1.93. The molecule has 4 aromatic rings. The topological polar surface area (TPSA) is 84.7 Å². The molecule has 0 spiro atoms. The summed E-state index contributed by atoms with van der Waals surface area (Å²) in [6.07, 6.45) is 1.71. The quantitative estimate of drug-likeness (QED) is 0.482. The van der Waals surface area contributed by atoms with Gasteiger partial charge >= 0.3 is 6.03 Å². The zero-order chi connectivity index (χ0) is 22.7. The Bertz CT molecular complexity index is 1370. The Balaban J connectivity index is 1.42. The van der Waals surface area contributed by atoms with Crippen LogP contribution in [0.3, 0.4) is 0 Å². The Morgan fingerprint density at radius 3 is 2.75 bits per heavy atom. The number of carbonyl (C=O) groups excluding carboxylic acids is 1. The van der Waals surface area contributed by atoms with Crippen molar-refractivity contribution in [3.8, 4) is 5.75 Å². The van der Waals surface area contributed by atoms with Gasteiger partial charge in [0.2, 0.25) is 0 Å². The Kier molecular flexibility index (Phi) is 5.80. The minimum Gasteiger partial charge on any atom is -0.487 e. The first-order valence-corrected chi connectivity index (χ1v) is 9.62. The maximum atomic E-state index is 13.7. The van der Waals surface area contributed by atoms with Gasteiger partial charge in [0.25, 0.3) is 5.56 Å². The second-order valence-corrected chi connectivity index (χ2v) is 7.04. The summed E-state index contributed by atoms with van der Waals surface area (Å²) in [6, 6.07) is 13.5. The number of rotatable bonds is 5. The molecule has 2 heterocycles. The average molecular weight is 436 g/mol. The van der Waals surface area contributed by atoms with E-state index in [-0.39, 0.29) is 17.9 Å². The van der Waals surface area contributed by atoms with Crippen LogP contribution in [0.25, 0.3) is 5.65 Å². The molecule has 2 aromatic carbocycles. The van der Waals surface area contributed by atoms with Crippen molar-refractivity contribution in [3.05, 3.63) is 100 Å². The van der Waals surface area contributed by atoms with Crippen LogP contribution in [0.5, 0.6) is 5.75 Å². The number of pyridine rings is 1. The van der Waals surface area contributed by atoms with Crippen LogP contribution in [0.15, 0.2) is 71.7 Å². The molecule has 7 nitrogen and oxygen atoms in total. The van der Waals surface area contributed by atoms with Gasteiger partial charge in [-0.3, -0.25) is 9.20 Å². The van der Waals surface area contributed by atoms with E-state index in [1.807, 2.05) is 13.0 Å². The highest BCUT2D eigenvalue weighted by molar-refractivity contribution is 5.99. The normalized spacial score (nSPS) is 10.7. The molecule has 0 atom stereocenters. The number of nitrogens with one attached hydrogen (secondary N) is 2. The lowest BCUT2D eigenvalue weighted by molar-refractivity contribution is 0.262. The number of nitrogens with zero attached hydrogens (tertiary/aromatic N) is 2. The number of urea groups is 1. The fourth-order valence-corrected chi connectivity index (χ4v) is 3.03. The zero-order valence-electron chi connectivity index (χ0n) is 16.9. The summed E-state index contributed by atoms with van der Waals surface area (Å²) in [7, 11) is 0. The lowest BCUT2D eigenvalue weighted by Gasteiger charge is -2.11. The lowest BCUT2D eigenvalue weighted by atomic mass is 10.3. The standard InChI is InChI=1S/C23H18F2N4O3/c1-14-5-8-21-26-17(11-22(30)29(21)12-14)13-32-18-4-2-3-16(10-18)27-23(31)28-20-9-15(24)6-7-19(20)25/h2-12H,13H2,1H3,(H2,27,28,31). The van der Waals surface area contributed by atoms with Crippen molar-refractivity contribution >= 4 is 23.1 Å². The molecule has 4 rings (SSSR count). The first-order chi connectivity index (χ1) is 15.4. The molecule has 0 aliphatic rings. The number of carbonyl (C=O) groups is 1. The molecule has 0 saturated heterocycles. The molecule has 0 unspecified atom stereocenters. The second-order valence-electron chi connectivity index (χ2n) is 7.04. The molecule has 0 aliphatic carbocycles. The van der Waals surface area contributed by atoms with Gasteiger partial charge in [-0.1, -0.05) is 12.1 Å². The van der Waals surface area contributed by atoms with E-state index in [9.17, 15) is 18.4 Å². The van der Waals surface area contributed by atoms with Gasteiger partial charge in [-0.15, -0.1) is 0 Å². The summed E-state index contributed by atoms with van der Waals surface area (Å²) in [5, 5.41) is 4.78. The highest BCUT2D eigenvalue weighted by atomic mass is 19.1. The summed E-state index contributed by atoms with van der Waals surface area (Å²) in [5.74, 6) is -1.01. The Hall–Kier alpha value is -4.27. The van der Waals surface area contributed by atoms with Gasteiger partial charge in [0, 0.05) is 30.1 Å². The highest BCUT2D eigenvalue weighted by Crippen LogP contribution is 2.20. The van der Waals surface area contributed by atoms with Crippen LogP contribution in [0.2, 0.25) is 0 Å². The molecule has 2 amide bonds. The van der Waals surface area contributed by atoms with Crippen molar-refractivity contribution in [1.29, 1.82) is 0 Å². The van der Waals surface area contributed by atoms with E-state index in [1.165, 1.54) is 10.5 Å². The molecule has 0 fully saturated rings. The number of anilines is 2. The predicted molar refractivity (Wildman–Crippen MR) is 116 cm³/mol. The van der Waals surface area contributed by atoms with Gasteiger partial charge in [0.15, 0.2) is 0 Å². The van der Waals surface area contributed by atoms with Crippen LogP contribution in [-0.4, -0.2) is 15.4 Å². The Morgan fingerprint density at radius 2 is 1.91 bits per heavy atom. The Labute approximate surface area is 181 Å². The van der Waals surface area contributed by atoms with Crippen LogP contribution < -0.4 is 20.9 Å². The number of hydrogen-bond donors (Lipinski definition) is 2. The third-order valence-corrected chi connectivity index (χ3v) is 4.52. The number of ether oxygens (including phenoxy) is 1. The van der Waals surface area contributed by atoms with Crippen molar-refractivity contribution in [2.75, 3.05) is 10.6 Å². The first-order valence-electron chi connectivity index (χ1n) is 9.62. The van der Waals surface area contributed by atoms with Crippen LogP contribution in [0, 0.1) is 18.6 Å². The number of hydrogen-bond acceptors (Lipinski definition) is 4. The van der Waals surface area contributed by atoms with E-state index in [1.54, 1.807) is 36.5 Å². The number of fused-ring (bicyclic) bond motifs is 1. The van der Waals surface area contributed by atoms with E-state index in [2.05, 4.69) is 15.6 Å². The van der Waals surface area contributed by atoms with Crippen molar-refractivity contribution in [2.45, 2.75) is 13.5 Å². The van der Waals surface area contributed by atoms with Gasteiger partial charge in [0.1, 0.15) is 29.6 Å². The van der Waals surface area contributed by atoms with Crippen molar-refractivity contribution in [3.63, 3.8) is 0 Å². The molecular weight excluding hydrogens is 418 g/mol. The Morgan fingerprint density at radius 1 is 1.06 bits per heavy atom. The molecule has 9 heteroatoms. The molecule has 0 radical (unpaired) electrons. The van der Waals surface area contributed by atoms with Crippen LogP contribution >= 0.6 is 0 Å². The number of aromatic nitrogens is 2. The number of halogens is 2. The summed E-state index contributed by atoms with van der Waals surface area (Å²) in [4.78, 5) is 28.8. The third-order valence-electron chi connectivity index (χ3n) is 4.52. The first kappa shape index (κ1) is 21.0. The number of benzene rings is 2. The van der Waals surface area contributed by atoms with Gasteiger partial charge < -0.3 is 15.4 Å². The zero-order valence-corrected chi connectivity index (χ0v) is 16.9. The van der Waals surface area contributed by atoms with E-state index in [0.29, 0.717) is 22.8 Å². The van der Waals surface area contributed by atoms with Crippen molar-refractivity contribution in [2.24, 2.45) is 0 Å². The van der Waals surface area contributed by atoms with E-state index >= 15 is 0 Å². The molecule has 162 valence electrons. The maximum Gasteiger partial charge on any atom is 0.323 e. The summed E-state index contributed by atoms with van der Waals surface area (Å²) in [5.41, 5.74) is 1.79. The van der Waals surface area contributed by atoms with Crippen LogP contribution in [-0.2, 0) is 6.61 Å². The average Bonchev–Trinajstić information content (AvgIpc) is 2.75. The van der Waals surface area contributed by atoms with Gasteiger partial charge in [-0.2, -0.15) is 0 Å². The molecule has 0 aliphatic heterocycles. The fourth-order valence-electron chi connectivity index (χ4n) is 3.03. The number of aryl methyl sites for hydroxylation is 1.